The molecular formula is C13H19F3N2S. The first-order valence-corrected chi connectivity index (χ1v) is 7.39. The molecule has 2 N–H and O–H groups in total. The van der Waals surface area contributed by atoms with Crippen LogP contribution < -0.4 is 10.6 Å². The van der Waals surface area contributed by atoms with Crippen molar-refractivity contribution in [3.63, 3.8) is 0 Å². The molecule has 2 nitrogen and oxygen atoms in total. The summed E-state index contributed by atoms with van der Waals surface area (Å²) in [4.78, 5) is 1.64. The lowest BCUT2D eigenvalue weighted by molar-refractivity contribution is -0.137. The smallest absolute Gasteiger partial charge is 0.373 e. The third-order valence-corrected chi connectivity index (χ3v) is 3.43. The van der Waals surface area contributed by atoms with Crippen LogP contribution >= 0.6 is 11.8 Å². The van der Waals surface area contributed by atoms with Gasteiger partial charge in [0.1, 0.15) is 0 Å². The van der Waals surface area contributed by atoms with Crippen LogP contribution in [-0.4, -0.2) is 32.1 Å². The fourth-order valence-electron chi connectivity index (χ4n) is 1.81. The Kier molecular flexibility index (Phi) is 6.00. The molecule has 0 aliphatic heterocycles. The van der Waals surface area contributed by atoms with Crippen molar-refractivity contribution in [1.82, 2.24) is 0 Å². The van der Waals surface area contributed by atoms with Crippen LogP contribution in [0.2, 0.25) is 0 Å². The molecule has 0 saturated heterocycles. The average molecular weight is 292 g/mol. The van der Waals surface area contributed by atoms with E-state index in [0.717, 1.165) is 5.75 Å². The summed E-state index contributed by atoms with van der Waals surface area (Å²) >= 11 is 1.61. The highest BCUT2D eigenvalue weighted by molar-refractivity contribution is 7.98. The molecule has 1 rings (SSSR count). The van der Waals surface area contributed by atoms with Gasteiger partial charge in [0, 0.05) is 25.0 Å². The highest BCUT2D eigenvalue weighted by Gasteiger charge is 2.34. The molecule has 0 aliphatic carbocycles. The first-order chi connectivity index (χ1) is 8.90. The van der Waals surface area contributed by atoms with E-state index >= 15 is 0 Å². The van der Waals surface area contributed by atoms with Gasteiger partial charge in [-0.25, -0.2) is 0 Å². The molecule has 0 aromatic heterocycles. The standard InChI is InChI=1S/C13H19F3N2S/c1-18(7-8-19-2)12-4-3-10(5-6-17)9-11(12)13(14,15)16/h3-4,9H,5-8,17H2,1-2H3. The molecule has 0 spiro atoms. The lowest BCUT2D eigenvalue weighted by atomic mass is 10.0. The maximum Gasteiger partial charge on any atom is 0.418 e. The third kappa shape index (κ3) is 4.62. The van der Waals surface area contributed by atoms with E-state index in [-0.39, 0.29) is 5.69 Å². The zero-order chi connectivity index (χ0) is 14.5. The van der Waals surface area contributed by atoms with Crippen LogP contribution in [0.5, 0.6) is 0 Å². The predicted molar refractivity (Wildman–Crippen MR) is 75.9 cm³/mol. The monoisotopic (exact) mass is 292 g/mol. The Labute approximate surface area is 116 Å². The van der Waals surface area contributed by atoms with E-state index in [0.29, 0.717) is 25.1 Å². The van der Waals surface area contributed by atoms with E-state index in [1.165, 1.54) is 12.1 Å². The van der Waals surface area contributed by atoms with Crippen molar-refractivity contribution in [2.45, 2.75) is 12.6 Å². The summed E-state index contributed by atoms with van der Waals surface area (Å²) in [6.45, 7) is 0.930. The average Bonchev–Trinajstić information content (AvgIpc) is 2.35. The van der Waals surface area contributed by atoms with Gasteiger partial charge in [0.2, 0.25) is 0 Å². The minimum atomic E-state index is -4.34. The maximum atomic E-state index is 13.1. The second kappa shape index (κ2) is 7.05. The summed E-state index contributed by atoms with van der Waals surface area (Å²) in [6, 6.07) is 4.46. The van der Waals surface area contributed by atoms with E-state index < -0.39 is 11.7 Å². The molecule has 0 bridgehead atoms. The van der Waals surface area contributed by atoms with Crippen LogP contribution in [0, 0.1) is 0 Å². The van der Waals surface area contributed by atoms with Gasteiger partial charge in [0.15, 0.2) is 0 Å². The van der Waals surface area contributed by atoms with Crippen LogP contribution in [0.25, 0.3) is 0 Å². The van der Waals surface area contributed by atoms with E-state index in [9.17, 15) is 13.2 Å². The van der Waals surface area contributed by atoms with Gasteiger partial charge in [-0.2, -0.15) is 24.9 Å². The zero-order valence-electron chi connectivity index (χ0n) is 11.1. The van der Waals surface area contributed by atoms with E-state index in [1.54, 1.807) is 29.8 Å². The van der Waals surface area contributed by atoms with Crippen LogP contribution in [0.1, 0.15) is 11.1 Å². The topological polar surface area (TPSA) is 29.3 Å². The van der Waals surface area contributed by atoms with Gasteiger partial charge in [0.25, 0.3) is 0 Å². The maximum absolute atomic E-state index is 13.1. The van der Waals surface area contributed by atoms with E-state index in [1.807, 2.05) is 6.26 Å². The van der Waals surface area contributed by atoms with Gasteiger partial charge in [-0.05, 0) is 36.9 Å². The molecule has 1 aromatic rings. The van der Waals surface area contributed by atoms with Gasteiger partial charge in [-0.15, -0.1) is 0 Å². The lowest BCUT2D eigenvalue weighted by Crippen LogP contribution is -2.24. The third-order valence-electron chi connectivity index (χ3n) is 2.84. The first kappa shape index (κ1) is 16.2. The van der Waals surface area contributed by atoms with Crippen LogP contribution in [0.3, 0.4) is 0 Å². The number of benzene rings is 1. The summed E-state index contributed by atoms with van der Waals surface area (Å²) in [5.74, 6) is 0.790. The minimum Gasteiger partial charge on any atom is -0.373 e. The quantitative estimate of drug-likeness (QED) is 0.874. The van der Waals surface area contributed by atoms with E-state index in [2.05, 4.69) is 0 Å². The Balaban J connectivity index is 3.08. The van der Waals surface area contributed by atoms with Gasteiger partial charge >= 0.3 is 6.18 Å². The molecule has 0 aliphatic rings. The molecule has 19 heavy (non-hydrogen) atoms. The van der Waals surface area contributed by atoms with Crippen molar-refractivity contribution in [3.05, 3.63) is 29.3 Å². The van der Waals surface area contributed by atoms with Crippen molar-refractivity contribution in [2.75, 3.05) is 37.0 Å². The Bertz CT molecular complexity index is 407. The molecule has 6 heteroatoms. The number of hydrogen-bond acceptors (Lipinski definition) is 3. The summed E-state index contributed by atoms with van der Waals surface area (Å²) in [5.41, 5.74) is 5.65. The number of halogens is 3. The van der Waals surface area contributed by atoms with E-state index in [4.69, 9.17) is 5.73 Å². The minimum absolute atomic E-state index is 0.224. The van der Waals surface area contributed by atoms with Crippen LogP contribution in [0.15, 0.2) is 18.2 Å². The molecule has 108 valence electrons. The van der Waals surface area contributed by atoms with Gasteiger partial charge in [-0.1, -0.05) is 6.07 Å². The van der Waals surface area contributed by atoms with Gasteiger partial charge < -0.3 is 10.6 Å². The Hall–Kier alpha value is -0.880. The highest BCUT2D eigenvalue weighted by Crippen LogP contribution is 2.37. The Morgan fingerprint density at radius 1 is 1.32 bits per heavy atom. The van der Waals surface area contributed by atoms with Crippen LogP contribution in [-0.2, 0) is 12.6 Å². The predicted octanol–water partition coefficient (Wildman–Crippen LogP) is 3.01. The zero-order valence-corrected chi connectivity index (χ0v) is 11.9. The van der Waals surface area contributed by atoms with Crippen LogP contribution in [0.4, 0.5) is 18.9 Å². The molecule has 0 unspecified atom stereocenters. The van der Waals surface area contributed by atoms with Crippen molar-refractivity contribution < 1.29 is 13.2 Å². The molecule has 0 atom stereocenters. The molecule has 1 aromatic carbocycles. The second-order valence-electron chi connectivity index (χ2n) is 4.30. The number of nitrogens with two attached hydrogens (primary N) is 1. The summed E-state index contributed by atoms with van der Waals surface area (Å²) in [5, 5.41) is 0. The number of alkyl halides is 3. The van der Waals surface area contributed by atoms with Gasteiger partial charge in [-0.3, -0.25) is 0 Å². The summed E-state index contributed by atoms with van der Waals surface area (Å²) in [7, 11) is 1.68. The van der Waals surface area contributed by atoms with Gasteiger partial charge in [0.05, 0.1) is 5.56 Å². The summed E-state index contributed by atoms with van der Waals surface area (Å²) in [6.07, 6.45) is -1.95. The second-order valence-corrected chi connectivity index (χ2v) is 5.29. The molecule has 0 fully saturated rings. The number of rotatable bonds is 6. The molecule has 0 saturated carbocycles. The van der Waals surface area contributed by atoms with Crippen molar-refractivity contribution in [1.29, 1.82) is 0 Å². The fraction of sp³-hybridized carbons (Fsp3) is 0.538. The van der Waals surface area contributed by atoms with Crippen molar-refractivity contribution in [2.24, 2.45) is 5.73 Å². The number of thioether (sulfide) groups is 1. The SMILES string of the molecule is CSCCN(C)c1ccc(CCN)cc1C(F)(F)F. The number of nitrogens with zero attached hydrogens (tertiary/aromatic N) is 1. The fourth-order valence-corrected chi connectivity index (χ4v) is 2.27. The van der Waals surface area contributed by atoms with Crippen molar-refractivity contribution in [3.8, 4) is 0 Å². The first-order valence-electron chi connectivity index (χ1n) is 6.00. The molecule has 0 heterocycles. The highest BCUT2D eigenvalue weighted by atomic mass is 32.2. The molecular weight excluding hydrogens is 273 g/mol. The normalized spacial score (nSPS) is 11.7. The van der Waals surface area contributed by atoms with Crippen molar-refractivity contribution >= 4 is 17.4 Å². The number of anilines is 1. The largest absolute Gasteiger partial charge is 0.418 e. The Morgan fingerprint density at radius 3 is 2.53 bits per heavy atom. The lowest BCUT2D eigenvalue weighted by Gasteiger charge is -2.24. The molecule has 0 amide bonds. The Morgan fingerprint density at radius 2 is 2.00 bits per heavy atom. The molecule has 0 radical (unpaired) electrons. The summed E-state index contributed by atoms with van der Waals surface area (Å²) < 4.78 is 39.3. The number of hydrogen-bond donors (Lipinski definition) is 1.